The molecule has 2 unspecified atom stereocenters. The molecular formula is C11H17N2O14P3S. The molecule has 0 saturated carbocycles. The number of ether oxygens (including phenoxy) is 1. The minimum Gasteiger partial charge on any atom is -0.389 e. The molecule has 6 N–H and O–H groups in total. The van der Waals surface area contributed by atoms with Crippen LogP contribution in [0.3, 0.4) is 0 Å². The maximum atomic E-state index is 12.1. The van der Waals surface area contributed by atoms with E-state index in [0.29, 0.717) is 12.2 Å². The molecule has 0 amide bonds. The number of hydrogen-bond acceptors (Lipinski definition) is 11. The van der Waals surface area contributed by atoms with Gasteiger partial charge in [-0.1, -0.05) is 0 Å². The molecule has 0 aliphatic carbocycles. The van der Waals surface area contributed by atoms with E-state index in [1.165, 1.54) is 11.8 Å². The van der Waals surface area contributed by atoms with Crippen LogP contribution in [0.5, 0.6) is 0 Å². The fraction of sp³-hybridized carbons (Fsp3) is 0.636. The number of aromatic nitrogens is 2. The lowest BCUT2D eigenvalue weighted by Crippen LogP contribution is -2.51. The number of aromatic amines is 1. The second kappa shape index (κ2) is 8.61. The molecule has 20 heteroatoms. The Kier molecular flexibility index (Phi) is 6.94. The van der Waals surface area contributed by atoms with Gasteiger partial charge in [0.15, 0.2) is 6.23 Å². The van der Waals surface area contributed by atoms with Crippen molar-refractivity contribution in [1.82, 2.24) is 9.55 Å². The Morgan fingerprint density at radius 1 is 1.19 bits per heavy atom. The van der Waals surface area contributed by atoms with E-state index in [-0.39, 0.29) is 0 Å². The first kappa shape index (κ1) is 25.0. The highest BCUT2D eigenvalue weighted by Crippen LogP contribution is 2.66. The summed E-state index contributed by atoms with van der Waals surface area (Å²) in [5, 5.41) is 10.7. The average Bonchev–Trinajstić information content (AvgIpc) is 2.82. The SMILES string of the molecule is O=c1ccn([C@@H]2O[C@H](COP(=O)(O)OP(=O)(O)OP(=O)(O)O)[C@@H](O)[C@]23CCS3)c(=O)[nH]1. The van der Waals surface area contributed by atoms with Gasteiger partial charge in [0.2, 0.25) is 0 Å². The van der Waals surface area contributed by atoms with Crippen LogP contribution < -0.4 is 11.2 Å². The molecule has 2 aliphatic rings. The van der Waals surface area contributed by atoms with E-state index in [9.17, 15) is 33.3 Å². The van der Waals surface area contributed by atoms with Crippen LogP contribution in [-0.2, 0) is 31.6 Å². The fourth-order valence-corrected chi connectivity index (χ4v) is 7.44. The predicted octanol–water partition coefficient (Wildman–Crippen LogP) is -0.986. The summed E-state index contributed by atoms with van der Waals surface area (Å²) < 4.78 is 51.2. The van der Waals surface area contributed by atoms with Crippen molar-refractivity contribution in [1.29, 1.82) is 0 Å². The van der Waals surface area contributed by atoms with Gasteiger partial charge in [-0.05, 0) is 12.2 Å². The van der Waals surface area contributed by atoms with Gasteiger partial charge in [-0.2, -0.15) is 8.62 Å². The maximum Gasteiger partial charge on any atom is 0.490 e. The fourth-order valence-electron chi connectivity index (χ4n) is 3.10. The molecule has 3 rings (SSSR count). The molecule has 0 aromatic carbocycles. The second-order valence-electron chi connectivity index (χ2n) is 6.43. The highest BCUT2D eigenvalue weighted by atomic mass is 32.2. The third-order valence-corrected chi connectivity index (χ3v) is 9.76. The molecule has 2 saturated heterocycles. The van der Waals surface area contributed by atoms with Crippen LogP contribution in [0.1, 0.15) is 12.6 Å². The van der Waals surface area contributed by atoms with Crippen molar-refractivity contribution >= 4 is 35.2 Å². The molecule has 6 atom stereocenters. The number of phosphoric ester groups is 1. The quantitative estimate of drug-likeness (QED) is 0.223. The van der Waals surface area contributed by atoms with Crippen LogP contribution in [0.25, 0.3) is 0 Å². The Morgan fingerprint density at radius 3 is 2.35 bits per heavy atom. The van der Waals surface area contributed by atoms with Crippen LogP contribution >= 0.6 is 35.2 Å². The zero-order valence-corrected chi connectivity index (χ0v) is 18.6. The highest BCUT2D eigenvalue weighted by molar-refractivity contribution is 8.02. The number of aliphatic hydroxyl groups excluding tert-OH is 1. The van der Waals surface area contributed by atoms with Crippen LogP contribution in [-0.4, -0.2) is 63.5 Å². The predicted molar refractivity (Wildman–Crippen MR) is 101 cm³/mol. The van der Waals surface area contributed by atoms with Crippen molar-refractivity contribution < 1.29 is 56.3 Å². The molecule has 1 aromatic heterocycles. The largest absolute Gasteiger partial charge is 0.490 e. The first-order valence-corrected chi connectivity index (χ1v) is 13.7. The Hall–Kier alpha value is -0.640. The Morgan fingerprint density at radius 2 is 1.84 bits per heavy atom. The average molecular weight is 526 g/mol. The third-order valence-electron chi connectivity index (χ3n) is 4.36. The summed E-state index contributed by atoms with van der Waals surface area (Å²) in [5.41, 5.74) is -1.47. The Balaban J connectivity index is 1.73. The number of rotatable bonds is 8. The third kappa shape index (κ3) is 5.65. The lowest BCUT2D eigenvalue weighted by Gasteiger charge is -2.43. The van der Waals surface area contributed by atoms with Crippen molar-refractivity contribution in [2.45, 2.75) is 29.6 Å². The van der Waals surface area contributed by atoms with Gasteiger partial charge in [0.25, 0.3) is 5.56 Å². The highest BCUT2D eigenvalue weighted by Gasteiger charge is 2.61. The van der Waals surface area contributed by atoms with Gasteiger partial charge in [-0.3, -0.25) is 18.9 Å². The standard InChI is InChI=1S/C11H17N2O14P3S/c14-7-1-3-13(10(16)12-7)9-11(2-4-31-11)8(15)6(25-9)5-24-29(20,21)27-30(22,23)26-28(17,18)19/h1,3,6,8-9,15H,2,4-5H2,(H,20,21)(H,22,23)(H,12,14,16)(H2,17,18,19)/t6-,8-,9-,11-/m1/s1. The summed E-state index contributed by atoms with van der Waals surface area (Å²) in [5.74, 6) is 0.609. The van der Waals surface area contributed by atoms with Gasteiger partial charge in [0.1, 0.15) is 12.2 Å². The molecule has 2 aliphatic heterocycles. The van der Waals surface area contributed by atoms with Crippen LogP contribution in [0.15, 0.2) is 21.9 Å². The van der Waals surface area contributed by atoms with E-state index in [0.717, 1.165) is 16.8 Å². The lowest BCUT2D eigenvalue weighted by molar-refractivity contribution is -0.0465. The maximum absolute atomic E-state index is 12.1. The van der Waals surface area contributed by atoms with Crippen molar-refractivity contribution in [2.75, 3.05) is 12.4 Å². The zero-order valence-electron chi connectivity index (χ0n) is 15.1. The van der Waals surface area contributed by atoms with Crippen LogP contribution in [0.4, 0.5) is 0 Å². The van der Waals surface area contributed by atoms with Gasteiger partial charge < -0.3 is 29.4 Å². The molecule has 0 radical (unpaired) electrons. The van der Waals surface area contributed by atoms with E-state index < -0.39 is 64.5 Å². The summed E-state index contributed by atoms with van der Waals surface area (Å²) in [6, 6.07) is 1.06. The first-order chi connectivity index (χ1) is 14.1. The zero-order chi connectivity index (χ0) is 23.2. The Bertz CT molecular complexity index is 1090. The number of thioether (sulfide) groups is 1. The number of nitrogens with zero attached hydrogens (tertiary/aromatic N) is 1. The molecule has 1 aromatic rings. The normalized spacial score (nSPS) is 32.4. The molecule has 3 heterocycles. The van der Waals surface area contributed by atoms with Crippen LogP contribution in [0, 0.1) is 0 Å². The summed E-state index contributed by atoms with van der Waals surface area (Å²) in [6.07, 6.45) is -2.19. The minimum atomic E-state index is -5.69. The minimum absolute atomic E-state index is 0.390. The number of phosphoric acid groups is 3. The Labute approximate surface area is 176 Å². The number of nitrogens with one attached hydrogen (secondary N) is 1. The second-order valence-corrected chi connectivity index (χ2v) is 12.3. The van der Waals surface area contributed by atoms with Gasteiger partial charge in [-0.25, -0.2) is 18.5 Å². The molecule has 16 nitrogen and oxygen atoms in total. The molecule has 2 fully saturated rings. The topological polar surface area (TPSA) is 244 Å². The van der Waals surface area contributed by atoms with E-state index in [1.807, 2.05) is 4.98 Å². The molecule has 31 heavy (non-hydrogen) atoms. The number of hydrogen-bond donors (Lipinski definition) is 6. The number of aliphatic hydroxyl groups is 1. The summed E-state index contributed by atoms with van der Waals surface area (Å²) in [7, 11) is -16.6. The number of H-pyrrole nitrogens is 1. The summed E-state index contributed by atoms with van der Waals surface area (Å²) in [6.45, 7) is -0.873. The smallest absolute Gasteiger partial charge is 0.389 e. The lowest BCUT2D eigenvalue weighted by atomic mass is 9.94. The van der Waals surface area contributed by atoms with Crippen molar-refractivity contribution in [2.24, 2.45) is 0 Å². The molecule has 1 spiro atoms. The van der Waals surface area contributed by atoms with Gasteiger partial charge in [0.05, 0.1) is 11.4 Å². The monoisotopic (exact) mass is 526 g/mol. The van der Waals surface area contributed by atoms with E-state index >= 15 is 0 Å². The van der Waals surface area contributed by atoms with Crippen molar-refractivity contribution in [3.05, 3.63) is 33.1 Å². The molecular weight excluding hydrogens is 509 g/mol. The van der Waals surface area contributed by atoms with Gasteiger partial charge in [0, 0.05) is 12.3 Å². The van der Waals surface area contributed by atoms with Crippen molar-refractivity contribution in [3.8, 4) is 0 Å². The molecule has 0 bridgehead atoms. The van der Waals surface area contributed by atoms with Gasteiger partial charge >= 0.3 is 29.2 Å². The van der Waals surface area contributed by atoms with Crippen LogP contribution in [0.2, 0.25) is 0 Å². The van der Waals surface area contributed by atoms with E-state index in [2.05, 4.69) is 13.1 Å². The summed E-state index contributed by atoms with van der Waals surface area (Å²) >= 11 is 1.26. The summed E-state index contributed by atoms with van der Waals surface area (Å²) in [4.78, 5) is 61.2. The molecule has 176 valence electrons. The van der Waals surface area contributed by atoms with E-state index in [4.69, 9.17) is 19.4 Å². The van der Waals surface area contributed by atoms with Gasteiger partial charge in [-0.15, -0.1) is 11.8 Å². The van der Waals surface area contributed by atoms with E-state index in [1.54, 1.807) is 0 Å². The van der Waals surface area contributed by atoms with Crippen molar-refractivity contribution in [3.63, 3.8) is 0 Å². The first-order valence-electron chi connectivity index (χ1n) is 8.21.